The fraction of sp³-hybridized carbons (Fsp3) is 0.400. The minimum Gasteiger partial charge on any atom is -0.369 e. The van der Waals surface area contributed by atoms with Gasteiger partial charge in [-0.3, -0.25) is 4.79 Å². The Morgan fingerprint density at radius 3 is 2.89 bits per heavy atom. The van der Waals surface area contributed by atoms with E-state index in [2.05, 4.69) is 9.78 Å². The molecule has 1 aliphatic rings. The van der Waals surface area contributed by atoms with Gasteiger partial charge in [-0.25, -0.2) is 0 Å². The lowest BCUT2D eigenvalue weighted by Gasteiger charge is -2.11. The summed E-state index contributed by atoms with van der Waals surface area (Å²) in [6, 6.07) is 0. The highest BCUT2D eigenvalue weighted by molar-refractivity contribution is 5.78. The van der Waals surface area contributed by atoms with Crippen LogP contribution in [0.5, 0.6) is 0 Å². The third kappa shape index (κ3) is 1.43. The Hall–Kier alpha value is -1.03. The Morgan fingerprint density at radius 2 is 2.56 bits per heavy atom. The molecule has 0 fully saturated rings. The fourth-order valence-corrected chi connectivity index (χ4v) is 0.511. The van der Waals surface area contributed by atoms with Crippen molar-refractivity contribution in [1.29, 1.82) is 0 Å². The highest BCUT2D eigenvalue weighted by Gasteiger charge is 2.15. The third-order valence-corrected chi connectivity index (χ3v) is 1.05. The highest BCUT2D eigenvalue weighted by atomic mass is 17.2. The monoisotopic (exact) mass is 129 g/mol. The lowest BCUT2D eigenvalue weighted by atomic mass is 10.1. The summed E-state index contributed by atoms with van der Waals surface area (Å²) in [6.45, 7) is 0.214. The Labute approximate surface area is 52.2 Å². The van der Waals surface area contributed by atoms with Gasteiger partial charge in [0, 0.05) is 0 Å². The maximum atomic E-state index is 10.4. The van der Waals surface area contributed by atoms with Gasteiger partial charge in [-0.1, -0.05) is 0 Å². The van der Waals surface area contributed by atoms with Gasteiger partial charge in [0.15, 0.2) is 0 Å². The van der Waals surface area contributed by atoms with Gasteiger partial charge < -0.3 is 10.6 Å². The lowest BCUT2D eigenvalue weighted by Crippen LogP contribution is -2.27. The summed E-state index contributed by atoms with van der Waals surface area (Å²) in [6.07, 6.45) is 2.87. The van der Waals surface area contributed by atoms with Gasteiger partial charge in [-0.15, -0.1) is 0 Å². The van der Waals surface area contributed by atoms with Crippen molar-refractivity contribution in [2.75, 3.05) is 6.61 Å². The second-order valence-corrected chi connectivity index (χ2v) is 1.72. The molecule has 1 amide bonds. The van der Waals surface area contributed by atoms with Crippen LogP contribution in [0.2, 0.25) is 0 Å². The zero-order valence-electron chi connectivity index (χ0n) is 4.74. The smallest absolute Gasteiger partial charge is 0.226 e. The molecule has 1 heterocycles. The van der Waals surface area contributed by atoms with Crippen LogP contribution in [-0.2, 0) is 14.6 Å². The Morgan fingerprint density at radius 1 is 1.78 bits per heavy atom. The van der Waals surface area contributed by atoms with Crippen molar-refractivity contribution < 1.29 is 14.6 Å². The Balaban J connectivity index is 2.50. The SMILES string of the molecule is NC(=O)C1C=COOC1. The van der Waals surface area contributed by atoms with Gasteiger partial charge in [-0.2, -0.15) is 4.89 Å². The van der Waals surface area contributed by atoms with E-state index < -0.39 is 5.91 Å². The summed E-state index contributed by atoms with van der Waals surface area (Å²) in [5.41, 5.74) is 4.94. The number of rotatable bonds is 1. The molecule has 4 nitrogen and oxygen atoms in total. The van der Waals surface area contributed by atoms with Gasteiger partial charge in [-0.05, 0) is 6.08 Å². The van der Waals surface area contributed by atoms with Gasteiger partial charge in [0.2, 0.25) is 5.91 Å². The maximum absolute atomic E-state index is 10.4. The van der Waals surface area contributed by atoms with Crippen LogP contribution >= 0.6 is 0 Å². The van der Waals surface area contributed by atoms with Crippen LogP contribution < -0.4 is 5.73 Å². The van der Waals surface area contributed by atoms with Crippen LogP contribution in [0.4, 0.5) is 0 Å². The van der Waals surface area contributed by atoms with Crippen LogP contribution in [0.1, 0.15) is 0 Å². The molecule has 0 spiro atoms. The minimum absolute atomic E-state index is 0.214. The predicted octanol–water partition coefficient (Wildman–Crippen LogP) is -0.437. The Kier molecular flexibility index (Phi) is 1.69. The average molecular weight is 129 g/mol. The van der Waals surface area contributed by atoms with E-state index >= 15 is 0 Å². The normalized spacial score (nSPS) is 25.1. The Bertz CT molecular complexity index is 143. The van der Waals surface area contributed by atoms with E-state index in [-0.39, 0.29) is 12.5 Å². The number of hydrogen-bond acceptors (Lipinski definition) is 3. The summed E-state index contributed by atoms with van der Waals surface area (Å²) >= 11 is 0. The molecule has 50 valence electrons. The molecule has 0 aliphatic carbocycles. The molecular formula is C5H7NO3. The molecule has 1 aliphatic heterocycles. The van der Waals surface area contributed by atoms with E-state index in [0.717, 1.165) is 0 Å². The van der Waals surface area contributed by atoms with Crippen molar-refractivity contribution in [2.24, 2.45) is 11.7 Å². The van der Waals surface area contributed by atoms with E-state index in [0.29, 0.717) is 0 Å². The summed E-state index contributed by atoms with van der Waals surface area (Å²) < 4.78 is 0. The van der Waals surface area contributed by atoms with Crippen LogP contribution in [0, 0.1) is 5.92 Å². The summed E-state index contributed by atoms with van der Waals surface area (Å²) in [7, 11) is 0. The second kappa shape index (κ2) is 2.50. The zero-order chi connectivity index (χ0) is 6.69. The molecular weight excluding hydrogens is 122 g/mol. The van der Waals surface area contributed by atoms with Crippen molar-refractivity contribution in [3.8, 4) is 0 Å². The van der Waals surface area contributed by atoms with Crippen molar-refractivity contribution in [3.63, 3.8) is 0 Å². The predicted molar refractivity (Wildman–Crippen MR) is 28.9 cm³/mol. The molecule has 0 bridgehead atoms. The molecule has 1 rings (SSSR count). The number of hydrogen-bond donors (Lipinski definition) is 1. The van der Waals surface area contributed by atoms with Gasteiger partial charge >= 0.3 is 0 Å². The number of carbonyl (C=O) groups is 1. The quantitative estimate of drug-likeness (QED) is 0.488. The van der Waals surface area contributed by atoms with E-state index in [1.807, 2.05) is 0 Å². The van der Waals surface area contributed by atoms with Crippen molar-refractivity contribution in [3.05, 3.63) is 12.3 Å². The zero-order valence-corrected chi connectivity index (χ0v) is 4.74. The number of nitrogens with two attached hydrogens (primary N) is 1. The molecule has 1 atom stereocenters. The molecule has 0 radical (unpaired) electrons. The second-order valence-electron chi connectivity index (χ2n) is 1.72. The largest absolute Gasteiger partial charge is 0.369 e. The van der Waals surface area contributed by atoms with Crippen LogP contribution in [0.25, 0.3) is 0 Å². The van der Waals surface area contributed by atoms with E-state index in [1.54, 1.807) is 6.08 Å². The van der Waals surface area contributed by atoms with Crippen molar-refractivity contribution in [1.82, 2.24) is 0 Å². The lowest BCUT2D eigenvalue weighted by molar-refractivity contribution is -0.261. The molecule has 1 unspecified atom stereocenters. The molecule has 4 heteroatoms. The van der Waals surface area contributed by atoms with Gasteiger partial charge in [0.1, 0.15) is 12.9 Å². The van der Waals surface area contributed by atoms with Crippen LogP contribution in [-0.4, -0.2) is 12.5 Å². The molecule has 9 heavy (non-hydrogen) atoms. The standard InChI is InChI=1S/C5H7NO3/c6-5(7)4-1-2-8-9-3-4/h1-2,4H,3H2,(H2,6,7). The molecule has 0 aromatic rings. The van der Waals surface area contributed by atoms with E-state index in [4.69, 9.17) is 5.73 Å². The minimum atomic E-state index is -0.394. The topological polar surface area (TPSA) is 61.6 Å². The molecule has 2 N–H and O–H groups in total. The number of primary amides is 1. The summed E-state index contributed by atoms with van der Waals surface area (Å²) in [4.78, 5) is 19.2. The summed E-state index contributed by atoms with van der Waals surface area (Å²) in [5.74, 6) is -0.728. The first-order chi connectivity index (χ1) is 4.30. The van der Waals surface area contributed by atoms with Gasteiger partial charge in [0.05, 0.1) is 5.92 Å². The van der Waals surface area contributed by atoms with E-state index in [9.17, 15) is 4.79 Å². The third-order valence-electron chi connectivity index (χ3n) is 1.05. The molecule has 0 saturated heterocycles. The summed E-state index contributed by atoms with van der Waals surface area (Å²) in [5, 5.41) is 0. The van der Waals surface area contributed by atoms with Crippen molar-refractivity contribution in [2.45, 2.75) is 0 Å². The highest BCUT2D eigenvalue weighted by Crippen LogP contribution is 2.04. The van der Waals surface area contributed by atoms with Gasteiger partial charge in [0.25, 0.3) is 0 Å². The van der Waals surface area contributed by atoms with E-state index in [1.165, 1.54) is 6.26 Å². The van der Waals surface area contributed by atoms with Crippen LogP contribution in [0.3, 0.4) is 0 Å². The molecule has 0 saturated carbocycles. The average Bonchev–Trinajstić information content (AvgIpc) is 1.90. The fourth-order valence-electron chi connectivity index (χ4n) is 0.511. The molecule has 0 aromatic carbocycles. The number of carbonyl (C=O) groups excluding carboxylic acids is 1. The maximum Gasteiger partial charge on any atom is 0.226 e. The van der Waals surface area contributed by atoms with Crippen molar-refractivity contribution >= 4 is 5.91 Å². The first-order valence-corrected chi connectivity index (χ1v) is 2.55. The molecule has 0 aromatic heterocycles. The first-order valence-electron chi connectivity index (χ1n) is 2.55. The number of amides is 1. The first kappa shape index (κ1) is 6.10. The van der Waals surface area contributed by atoms with Crippen LogP contribution in [0.15, 0.2) is 12.3 Å².